The van der Waals surface area contributed by atoms with Crippen molar-refractivity contribution < 1.29 is 28.1 Å². The van der Waals surface area contributed by atoms with Crippen LogP contribution < -0.4 is 4.74 Å². The molecule has 0 bridgehead atoms. The monoisotopic (exact) mass is 544 g/mol. The zero-order valence-corrected chi connectivity index (χ0v) is 17.9. The number of phenols is 1. The third-order valence-corrected chi connectivity index (χ3v) is 4.84. The number of alkyl halides is 1. The fourth-order valence-corrected chi connectivity index (χ4v) is 2.23. The van der Waals surface area contributed by atoms with Gasteiger partial charge in [-0.25, -0.2) is 8.78 Å². The number of halogens is 5. The Balaban J connectivity index is 0.000000227. The van der Waals surface area contributed by atoms with Crippen molar-refractivity contribution in [3.63, 3.8) is 0 Å². The van der Waals surface area contributed by atoms with Crippen LogP contribution in [0.25, 0.3) is 0 Å². The number of epoxide rings is 2. The molecule has 9 heteroatoms. The van der Waals surface area contributed by atoms with E-state index >= 15 is 0 Å². The van der Waals surface area contributed by atoms with Crippen LogP contribution >= 0.6 is 43.5 Å². The van der Waals surface area contributed by atoms with Gasteiger partial charge in [0.1, 0.15) is 35.8 Å². The first-order valence-corrected chi connectivity index (χ1v) is 10.0. The van der Waals surface area contributed by atoms with Crippen LogP contribution in [0.2, 0.25) is 0 Å². The maximum Gasteiger partial charge on any atom is 0.141 e. The Morgan fingerprint density at radius 1 is 1.00 bits per heavy atom. The molecule has 0 spiro atoms. The van der Waals surface area contributed by atoms with E-state index in [0.717, 1.165) is 19.3 Å². The van der Waals surface area contributed by atoms with E-state index in [1.165, 1.54) is 18.2 Å². The lowest BCUT2D eigenvalue weighted by atomic mass is 10.3. The number of rotatable bonds is 4. The third kappa shape index (κ3) is 10.0. The van der Waals surface area contributed by atoms with E-state index in [0.29, 0.717) is 33.3 Å². The van der Waals surface area contributed by atoms with Crippen LogP contribution in [0.4, 0.5) is 8.78 Å². The summed E-state index contributed by atoms with van der Waals surface area (Å²) in [7, 11) is 0. The topological polar surface area (TPSA) is 54.5 Å². The molecule has 2 saturated heterocycles. The second-order valence-electron chi connectivity index (χ2n) is 5.55. The highest BCUT2D eigenvalue weighted by Crippen LogP contribution is 2.22. The fourth-order valence-electron chi connectivity index (χ4n) is 1.56. The molecule has 2 aliphatic heterocycles. The Kier molecular flexibility index (Phi) is 11.3. The van der Waals surface area contributed by atoms with Crippen LogP contribution in [-0.2, 0) is 9.47 Å². The zero-order chi connectivity index (χ0) is 19.8. The molecule has 4 rings (SSSR count). The van der Waals surface area contributed by atoms with E-state index in [4.69, 9.17) is 30.9 Å². The summed E-state index contributed by atoms with van der Waals surface area (Å²) in [5.41, 5.74) is 0. The van der Waals surface area contributed by atoms with E-state index in [2.05, 4.69) is 31.9 Å². The van der Waals surface area contributed by atoms with Crippen molar-refractivity contribution in [2.75, 3.05) is 25.7 Å². The highest BCUT2D eigenvalue weighted by Gasteiger charge is 2.23. The van der Waals surface area contributed by atoms with Crippen molar-refractivity contribution in [1.29, 1.82) is 0 Å². The first-order valence-electron chi connectivity index (χ1n) is 7.90. The Morgan fingerprint density at radius 2 is 1.54 bits per heavy atom. The predicted octanol–water partition coefficient (Wildman–Crippen LogP) is 5.92. The van der Waals surface area contributed by atoms with Gasteiger partial charge < -0.3 is 19.3 Å². The molecule has 2 aliphatic rings. The van der Waals surface area contributed by atoms with Crippen LogP contribution in [0, 0.1) is 11.6 Å². The summed E-state index contributed by atoms with van der Waals surface area (Å²) in [4.78, 5) is 0. The number of benzene rings is 2. The Bertz CT molecular complexity index is 744. The molecule has 0 aromatic heterocycles. The number of hydrogen-bond acceptors (Lipinski definition) is 4. The van der Waals surface area contributed by atoms with Crippen LogP contribution in [0.1, 0.15) is 7.43 Å². The lowest BCUT2D eigenvalue weighted by Crippen LogP contribution is -2.04. The first-order chi connectivity index (χ1) is 12.9. The number of hydrogen-bond donors (Lipinski definition) is 1. The highest BCUT2D eigenvalue weighted by molar-refractivity contribution is 9.10. The van der Waals surface area contributed by atoms with Crippen LogP contribution in [0.15, 0.2) is 45.3 Å². The number of phenolic OH excluding ortho intramolecular Hbond substituents is 1. The van der Waals surface area contributed by atoms with Gasteiger partial charge in [-0.2, -0.15) is 0 Å². The SMILES string of the molecule is C.ClCC1CO1.Fc1cc(OCC2CO2)ccc1Br.Oc1ccc(Br)c(F)c1. The van der Waals surface area contributed by atoms with Gasteiger partial charge >= 0.3 is 0 Å². The number of ether oxygens (including phenoxy) is 3. The molecule has 0 amide bonds. The third-order valence-electron chi connectivity index (χ3n) is 3.21. The fraction of sp³-hybridized carbons (Fsp3) is 0.368. The summed E-state index contributed by atoms with van der Waals surface area (Å²) in [6.07, 6.45) is 0.600. The zero-order valence-electron chi connectivity index (χ0n) is 14.0. The van der Waals surface area contributed by atoms with Gasteiger partial charge in [0.15, 0.2) is 0 Å². The number of aromatic hydroxyl groups is 1. The largest absolute Gasteiger partial charge is 0.508 e. The van der Waals surface area contributed by atoms with Crippen molar-refractivity contribution in [1.82, 2.24) is 0 Å². The van der Waals surface area contributed by atoms with Gasteiger partial charge in [-0.05, 0) is 56.1 Å². The Morgan fingerprint density at radius 3 is 1.93 bits per heavy atom. The van der Waals surface area contributed by atoms with Gasteiger partial charge in [-0.1, -0.05) is 7.43 Å². The van der Waals surface area contributed by atoms with Gasteiger partial charge in [0.05, 0.1) is 34.1 Å². The summed E-state index contributed by atoms with van der Waals surface area (Å²) < 4.78 is 41.1. The smallest absolute Gasteiger partial charge is 0.141 e. The summed E-state index contributed by atoms with van der Waals surface area (Å²) in [6.45, 7) is 2.13. The molecule has 28 heavy (non-hydrogen) atoms. The van der Waals surface area contributed by atoms with Crippen molar-refractivity contribution in [3.05, 3.63) is 57.0 Å². The maximum absolute atomic E-state index is 13.0. The Hall–Kier alpha value is -0.930. The molecule has 1 N–H and O–H groups in total. The summed E-state index contributed by atoms with van der Waals surface area (Å²) in [6, 6.07) is 8.60. The predicted molar refractivity (Wildman–Crippen MR) is 112 cm³/mol. The first kappa shape index (κ1) is 25.1. The van der Waals surface area contributed by atoms with Gasteiger partial charge in [-0.15, -0.1) is 11.6 Å². The summed E-state index contributed by atoms with van der Waals surface area (Å²) >= 11 is 11.3. The molecule has 0 saturated carbocycles. The van der Waals surface area contributed by atoms with Crippen LogP contribution in [0.3, 0.4) is 0 Å². The molecular weight excluding hydrogens is 525 g/mol. The van der Waals surface area contributed by atoms with E-state index in [-0.39, 0.29) is 25.1 Å². The average molecular weight is 547 g/mol. The minimum absolute atomic E-state index is 0. The molecule has 2 heterocycles. The van der Waals surface area contributed by atoms with Crippen molar-refractivity contribution >= 4 is 43.5 Å². The normalized spacial score (nSPS) is 18.5. The lowest BCUT2D eigenvalue weighted by molar-refractivity contribution is 0.262. The van der Waals surface area contributed by atoms with E-state index in [1.807, 2.05) is 0 Å². The molecule has 2 fully saturated rings. The molecule has 4 nitrogen and oxygen atoms in total. The molecule has 0 radical (unpaired) electrons. The van der Waals surface area contributed by atoms with Crippen molar-refractivity contribution in [2.24, 2.45) is 0 Å². The van der Waals surface area contributed by atoms with Gasteiger partial charge in [-0.3, -0.25) is 0 Å². The lowest BCUT2D eigenvalue weighted by Gasteiger charge is -2.04. The average Bonchev–Trinajstić information content (AvgIpc) is 3.55. The quantitative estimate of drug-likeness (QED) is 0.382. The minimum atomic E-state index is -0.449. The molecule has 0 aliphatic carbocycles. The molecule has 2 aromatic carbocycles. The van der Waals surface area contributed by atoms with E-state index in [1.54, 1.807) is 12.1 Å². The van der Waals surface area contributed by atoms with E-state index in [9.17, 15) is 8.78 Å². The second kappa shape index (κ2) is 12.6. The standard InChI is InChI=1S/C9H8BrFO2.C6H4BrFO.C3H5ClO.CH4/c10-8-2-1-6(3-9(8)11)12-4-7-5-13-7;7-5-2-1-4(9)3-6(5)8;4-1-3-2-5-3;/h1-3,7H,4-5H2;1-3,9H;3H,1-2H2;1H4. The van der Waals surface area contributed by atoms with Crippen LogP contribution in [0.5, 0.6) is 11.5 Å². The molecular formula is C19H21Br2ClF2O4. The maximum atomic E-state index is 13.0. The van der Waals surface area contributed by atoms with Gasteiger partial charge in [0, 0.05) is 12.1 Å². The molecule has 156 valence electrons. The summed E-state index contributed by atoms with van der Waals surface area (Å²) in [5, 5.41) is 8.68. The second-order valence-corrected chi connectivity index (χ2v) is 7.57. The Labute approximate surface area is 185 Å². The van der Waals surface area contributed by atoms with E-state index < -0.39 is 5.82 Å². The molecule has 2 aromatic rings. The molecule has 2 unspecified atom stereocenters. The van der Waals surface area contributed by atoms with Gasteiger partial charge in [0.25, 0.3) is 0 Å². The van der Waals surface area contributed by atoms with Crippen LogP contribution in [-0.4, -0.2) is 43.0 Å². The molecule has 2 atom stereocenters. The summed E-state index contributed by atoms with van der Waals surface area (Å²) in [5.74, 6) is 0.385. The minimum Gasteiger partial charge on any atom is -0.508 e. The highest BCUT2D eigenvalue weighted by atomic mass is 79.9. The van der Waals surface area contributed by atoms with Crippen molar-refractivity contribution in [2.45, 2.75) is 19.6 Å². The van der Waals surface area contributed by atoms with Crippen molar-refractivity contribution in [3.8, 4) is 11.5 Å². The van der Waals surface area contributed by atoms with Gasteiger partial charge in [0.2, 0.25) is 0 Å².